The van der Waals surface area contributed by atoms with E-state index in [9.17, 15) is 4.79 Å². The fourth-order valence-corrected chi connectivity index (χ4v) is 2.51. The summed E-state index contributed by atoms with van der Waals surface area (Å²) in [5, 5.41) is 0. The number of carbonyl (C=O) groups excluding carboxylic acids is 1. The number of hydrogen-bond acceptors (Lipinski definition) is 1. The van der Waals surface area contributed by atoms with Gasteiger partial charge in [0.25, 0.3) is 0 Å². The van der Waals surface area contributed by atoms with Crippen LogP contribution < -0.4 is 0 Å². The van der Waals surface area contributed by atoms with Gasteiger partial charge in [-0.2, -0.15) is 0 Å². The van der Waals surface area contributed by atoms with E-state index in [0.29, 0.717) is 0 Å². The van der Waals surface area contributed by atoms with Crippen LogP contribution in [0.3, 0.4) is 0 Å². The van der Waals surface area contributed by atoms with Crippen molar-refractivity contribution >= 4 is 20.6 Å². The van der Waals surface area contributed by atoms with Crippen LogP contribution in [0.4, 0.5) is 0 Å². The van der Waals surface area contributed by atoms with E-state index >= 15 is 0 Å². The fraction of sp³-hybridized carbons (Fsp3) is 0.462. The van der Waals surface area contributed by atoms with Crippen molar-refractivity contribution < 1.29 is 4.79 Å². The zero-order chi connectivity index (χ0) is 11.4. The fourth-order valence-electron chi connectivity index (χ4n) is 2.01. The van der Waals surface area contributed by atoms with Gasteiger partial charge in [0.1, 0.15) is 0 Å². The molecule has 0 aliphatic heterocycles. The lowest BCUT2D eigenvalue weighted by molar-refractivity contribution is 0.109. The molecule has 0 aromatic heterocycles. The molecule has 15 heavy (non-hydrogen) atoms. The Labute approximate surface area is 100 Å². The third kappa shape index (κ3) is 2.49. The van der Waals surface area contributed by atoms with Crippen LogP contribution in [0, 0.1) is 0 Å². The van der Waals surface area contributed by atoms with Crippen LogP contribution in [0.25, 0.3) is 0 Å². The largest absolute Gasteiger partial charge is 0.281 e. The van der Waals surface area contributed by atoms with Gasteiger partial charge in [-0.3, -0.25) is 4.79 Å². The quantitative estimate of drug-likeness (QED) is 0.757. The van der Waals surface area contributed by atoms with E-state index in [2.05, 4.69) is 48.8 Å². The predicted molar refractivity (Wildman–Crippen MR) is 67.8 cm³/mol. The predicted octanol–water partition coefficient (Wildman–Crippen LogP) is 3.91. The molecule has 0 N–H and O–H groups in total. The molecule has 1 aromatic carbocycles. The van der Waals surface area contributed by atoms with Crippen molar-refractivity contribution in [2.24, 2.45) is 0 Å². The Kier molecular flexibility index (Phi) is 4.52. The highest BCUT2D eigenvalue weighted by molar-refractivity contribution is 9.18. The lowest BCUT2D eigenvalue weighted by Gasteiger charge is -2.13. The summed E-state index contributed by atoms with van der Waals surface area (Å²) in [5.41, 5.74) is 4.53. The minimum absolute atomic E-state index is 0.0199. The SMILES string of the molecule is CCc1ccc(CC)c(C(=O)Br)c1CC. The molecule has 1 nitrogen and oxygen atoms in total. The first-order valence-corrected chi connectivity index (χ1v) is 6.28. The van der Waals surface area contributed by atoms with Crippen LogP contribution in [-0.4, -0.2) is 4.69 Å². The number of rotatable bonds is 4. The minimum atomic E-state index is 0.0199. The van der Waals surface area contributed by atoms with Gasteiger partial charge in [0, 0.05) is 5.56 Å². The molecule has 0 saturated heterocycles. The first-order chi connectivity index (χ1) is 7.15. The summed E-state index contributed by atoms with van der Waals surface area (Å²) in [7, 11) is 0. The third-order valence-electron chi connectivity index (χ3n) is 2.81. The molecular formula is C13H17BrO. The molecule has 2 heteroatoms. The molecule has 0 amide bonds. The van der Waals surface area contributed by atoms with Gasteiger partial charge in [0.15, 0.2) is 0 Å². The molecule has 0 heterocycles. The molecule has 0 spiro atoms. The lowest BCUT2D eigenvalue weighted by atomic mass is 9.92. The van der Waals surface area contributed by atoms with Crippen molar-refractivity contribution in [2.75, 3.05) is 0 Å². The summed E-state index contributed by atoms with van der Waals surface area (Å²) < 4.78 is 0.0199. The van der Waals surface area contributed by atoms with E-state index in [0.717, 1.165) is 30.4 Å². The topological polar surface area (TPSA) is 17.1 Å². The Balaban J connectivity index is 3.44. The van der Waals surface area contributed by atoms with E-state index < -0.39 is 0 Å². The van der Waals surface area contributed by atoms with Gasteiger partial charge in [-0.15, -0.1) is 0 Å². The molecule has 1 rings (SSSR count). The van der Waals surface area contributed by atoms with Gasteiger partial charge >= 0.3 is 0 Å². The molecule has 0 bridgehead atoms. The highest BCUT2D eigenvalue weighted by atomic mass is 79.9. The highest BCUT2D eigenvalue weighted by Gasteiger charge is 2.14. The Morgan fingerprint density at radius 3 is 2.00 bits per heavy atom. The smallest absolute Gasteiger partial charge is 0.228 e. The van der Waals surface area contributed by atoms with Crippen molar-refractivity contribution in [2.45, 2.75) is 40.0 Å². The van der Waals surface area contributed by atoms with Gasteiger partial charge in [-0.25, -0.2) is 0 Å². The Bertz CT molecular complexity index is 369. The molecule has 0 saturated carbocycles. The molecule has 82 valence electrons. The van der Waals surface area contributed by atoms with E-state index in [1.165, 1.54) is 11.1 Å². The molecule has 0 radical (unpaired) electrons. The number of carbonyl (C=O) groups is 1. The van der Waals surface area contributed by atoms with Crippen LogP contribution in [0.2, 0.25) is 0 Å². The van der Waals surface area contributed by atoms with Crippen LogP contribution in [-0.2, 0) is 19.3 Å². The van der Waals surface area contributed by atoms with E-state index in [-0.39, 0.29) is 4.69 Å². The number of halogens is 1. The second-order valence-electron chi connectivity index (χ2n) is 3.57. The number of aryl methyl sites for hydroxylation is 2. The monoisotopic (exact) mass is 268 g/mol. The Morgan fingerprint density at radius 1 is 1.07 bits per heavy atom. The van der Waals surface area contributed by atoms with Crippen LogP contribution >= 0.6 is 15.9 Å². The van der Waals surface area contributed by atoms with Gasteiger partial charge in [-0.1, -0.05) is 32.9 Å². The summed E-state index contributed by atoms with van der Waals surface area (Å²) >= 11 is 3.09. The van der Waals surface area contributed by atoms with E-state index in [1.807, 2.05) is 0 Å². The van der Waals surface area contributed by atoms with Crippen molar-refractivity contribution in [3.05, 3.63) is 34.4 Å². The summed E-state index contributed by atoms with van der Waals surface area (Å²) in [4.78, 5) is 11.6. The van der Waals surface area contributed by atoms with E-state index in [1.54, 1.807) is 0 Å². The van der Waals surface area contributed by atoms with Gasteiger partial charge < -0.3 is 0 Å². The average molecular weight is 269 g/mol. The van der Waals surface area contributed by atoms with Crippen molar-refractivity contribution in [1.29, 1.82) is 0 Å². The zero-order valence-corrected chi connectivity index (χ0v) is 11.1. The molecule has 0 atom stereocenters. The Hall–Kier alpha value is -0.630. The van der Waals surface area contributed by atoms with Gasteiger partial charge in [0.05, 0.1) is 0 Å². The highest BCUT2D eigenvalue weighted by Crippen LogP contribution is 2.23. The third-order valence-corrected chi connectivity index (χ3v) is 3.20. The maximum Gasteiger partial charge on any atom is 0.228 e. The second-order valence-corrected chi connectivity index (χ2v) is 4.29. The Morgan fingerprint density at radius 2 is 1.60 bits per heavy atom. The summed E-state index contributed by atoms with van der Waals surface area (Å²) in [6.07, 6.45) is 2.81. The summed E-state index contributed by atoms with van der Waals surface area (Å²) in [5.74, 6) is 0. The molecule has 1 aromatic rings. The van der Waals surface area contributed by atoms with Crippen LogP contribution in [0.1, 0.15) is 47.8 Å². The van der Waals surface area contributed by atoms with Gasteiger partial charge in [0.2, 0.25) is 4.69 Å². The molecular weight excluding hydrogens is 252 g/mol. The van der Waals surface area contributed by atoms with Crippen LogP contribution in [0.15, 0.2) is 12.1 Å². The van der Waals surface area contributed by atoms with Crippen molar-refractivity contribution in [3.8, 4) is 0 Å². The first-order valence-electron chi connectivity index (χ1n) is 5.49. The zero-order valence-electron chi connectivity index (χ0n) is 9.56. The van der Waals surface area contributed by atoms with E-state index in [4.69, 9.17) is 0 Å². The average Bonchev–Trinajstić information content (AvgIpc) is 2.26. The first kappa shape index (κ1) is 12.4. The maximum absolute atomic E-state index is 11.6. The normalized spacial score (nSPS) is 10.4. The lowest BCUT2D eigenvalue weighted by Crippen LogP contribution is -2.05. The molecule has 0 aliphatic rings. The molecule has 0 unspecified atom stereocenters. The molecule has 0 aliphatic carbocycles. The standard InChI is InChI=1S/C13H17BrO/c1-4-9-7-8-10(5-2)12(13(14)15)11(9)6-3/h7-8H,4-6H2,1-3H3. The maximum atomic E-state index is 11.6. The van der Waals surface area contributed by atoms with Crippen molar-refractivity contribution in [3.63, 3.8) is 0 Å². The van der Waals surface area contributed by atoms with Crippen LogP contribution in [0.5, 0.6) is 0 Å². The summed E-state index contributed by atoms with van der Waals surface area (Å²) in [6, 6.07) is 4.23. The van der Waals surface area contributed by atoms with Gasteiger partial charge in [-0.05, 0) is 51.9 Å². The number of hydrogen-bond donors (Lipinski definition) is 0. The van der Waals surface area contributed by atoms with Crippen molar-refractivity contribution in [1.82, 2.24) is 0 Å². The second kappa shape index (κ2) is 5.45. The minimum Gasteiger partial charge on any atom is -0.281 e. The molecule has 0 fully saturated rings. The summed E-state index contributed by atoms with van der Waals surface area (Å²) in [6.45, 7) is 6.32. The number of benzene rings is 1.